The SMILES string of the molecule is CC(C)C1(CNC(=O)c2ccnc(F)c2)CC1. The molecule has 0 atom stereocenters. The zero-order valence-electron chi connectivity index (χ0n) is 10.2. The van der Waals surface area contributed by atoms with Gasteiger partial charge in [-0.15, -0.1) is 0 Å². The fraction of sp³-hybridized carbons (Fsp3) is 0.538. The highest BCUT2D eigenvalue weighted by molar-refractivity contribution is 5.94. The Morgan fingerprint density at radius 3 is 2.82 bits per heavy atom. The van der Waals surface area contributed by atoms with Gasteiger partial charge >= 0.3 is 0 Å². The molecule has 1 fully saturated rings. The molecule has 1 aromatic rings. The Balaban J connectivity index is 1.94. The maximum atomic E-state index is 12.9. The van der Waals surface area contributed by atoms with Crippen LogP contribution in [0.1, 0.15) is 37.0 Å². The predicted molar refractivity (Wildman–Crippen MR) is 63.0 cm³/mol. The molecule has 1 N–H and O–H groups in total. The molecule has 17 heavy (non-hydrogen) atoms. The van der Waals surface area contributed by atoms with E-state index >= 15 is 0 Å². The van der Waals surface area contributed by atoms with E-state index in [2.05, 4.69) is 24.1 Å². The van der Waals surface area contributed by atoms with Crippen molar-refractivity contribution >= 4 is 5.91 Å². The molecule has 0 aliphatic heterocycles. The van der Waals surface area contributed by atoms with Crippen molar-refractivity contribution < 1.29 is 9.18 Å². The molecule has 92 valence electrons. The second-order valence-corrected chi connectivity index (χ2v) is 5.07. The molecule has 3 nitrogen and oxygen atoms in total. The normalized spacial score (nSPS) is 16.9. The van der Waals surface area contributed by atoms with Crippen molar-refractivity contribution in [3.8, 4) is 0 Å². The number of halogens is 1. The molecule has 2 rings (SSSR count). The average molecular weight is 236 g/mol. The zero-order valence-corrected chi connectivity index (χ0v) is 10.2. The maximum absolute atomic E-state index is 12.9. The van der Waals surface area contributed by atoms with Crippen molar-refractivity contribution in [2.45, 2.75) is 26.7 Å². The number of nitrogens with zero attached hydrogens (tertiary/aromatic N) is 1. The highest BCUT2D eigenvalue weighted by atomic mass is 19.1. The van der Waals surface area contributed by atoms with Crippen LogP contribution in [0.3, 0.4) is 0 Å². The Labute approximate surface area is 100 Å². The molecular formula is C13H17FN2O. The van der Waals surface area contributed by atoms with Gasteiger partial charge in [0.05, 0.1) is 0 Å². The Kier molecular flexibility index (Phi) is 3.13. The van der Waals surface area contributed by atoms with Crippen molar-refractivity contribution in [3.05, 3.63) is 29.8 Å². The van der Waals surface area contributed by atoms with Crippen LogP contribution in [-0.2, 0) is 0 Å². The first-order valence-corrected chi connectivity index (χ1v) is 5.93. The Morgan fingerprint density at radius 1 is 1.59 bits per heavy atom. The van der Waals surface area contributed by atoms with E-state index in [0.717, 1.165) is 18.9 Å². The van der Waals surface area contributed by atoms with Crippen LogP contribution in [0.25, 0.3) is 0 Å². The molecule has 1 heterocycles. The number of amides is 1. The number of hydrogen-bond donors (Lipinski definition) is 1. The Hall–Kier alpha value is -1.45. The standard InChI is InChI=1S/C13H17FN2O/c1-9(2)13(4-5-13)8-16-12(17)10-3-6-15-11(14)7-10/h3,6-7,9H,4-5,8H2,1-2H3,(H,16,17). The van der Waals surface area contributed by atoms with E-state index in [1.165, 1.54) is 12.3 Å². The predicted octanol–water partition coefficient (Wildman–Crippen LogP) is 2.39. The molecule has 0 bridgehead atoms. The van der Waals surface area contributed by atoms with Crippen molar-refractivity contribution in [2.24, 2.45) is 11.3 Å². The number of rotatable bonds is 4. The summed E-state index contributed by atoms with van der Waals surface area (Å²) in [5.41, 5.74) is 0.596. The lowest BCUT2D eigenvalue weighted by molar-refractivity contribution is 0.0939. The van der Waals surface area contributed by atoms with E-state index in [-0.39, 0.29) is 11.3 Å². The molecule has 1 amide bonds. The van der Waals surface area contributed by atoms with Gasteiger partial charge in [0, 0.05) is 24.4 Å². The minimum atomic E-state index is -0.623. The second-order valence-electron chi connectivity index (χ2n) is 5.07. The summed E-state index contributed by atoms with van der Waals surface area (Å²) in [6.45, 7) is 5.02. The molecule has 0 unspecified atom stereocenters. The zero-order chi connectivity index (χ0) is 12.5. The van der Waals surface area contributed by atoms with E-state index in [1.807, 2.05) is 0 Å². The first-order valence-electron chi connectivity index (χ1n) is 5.93. The third-order valence-corrected chi connectivity index (χ3v) is 3.71. The molecule has 4 heteroatoms. The van der Waals surface area contributed by atoms with Gasteiger partial charge in [-0.2, -0.15) is 4.39 Å². The Morgan fingerprint density at radius 2 is 2.29 bits per heavy atom. The molecule has 0 spiro atoms. The van der Waals surface area contributed by atoms with Crippen LogP contribution in [0.2, 0.25) is 0 Å². The lowest BCUT2D eigenvalue weighted by Crippen LogP contribution is -2.32. The summed E-state index contributed by atoms with van der Waals surface area (Å²) >= 11 is 0. The first kappa shape index (κ1) is 12.0. The van der Waals surface area contributed by atoms with E-state index in [1.54, 1.807) is 0 Å². The quantitative estimate of drug-likeness (QED) is 0.815. The monoisotopic (exact) mass is 236 g/mol. The molecule has 0 saturated heterocycles. The van der Waals surface area contributed by atoms with Gasteiger partial charge in [-0.1, -0.05) is 13.8 Å². The van der Waals surface area contributed by atoms with Crippen LogP contribution in [0.5, 0.6) is 0 Å². The van der Waals surface area contributed by atoms with Gasteiger partial charge in [0.15, 0.2) is 0 Å². The highest BCUT2D eigenvalue weighted by Gasteiger charge is 2.45. The van der Waals surface area contributed by atoms with Crippen molar-refractivity contribution in [1.82, 2.24) is 10.3 Å². The van der Waals surface area contributed by atoms with Gasteiger partial charge in [0.25, 0.3) is 5.91 Å². The first-order chi connectivity index (χ1) is 8.03. The number of carbonyl (C=O) groups is 1. The Bertz CT molecular complexity index is 427. The number of nitrogens with one attached hydrogen (secondary N) is 1. The summed E-state index contributed by atoms with van der Waals surface area (Å²) in [6, 6.07) is 2.68. The number of hydrogen-bond acceptors (Lipinski definition) is 2. The van der Waals surface area contributed by atoms with Crippen molar-refractivity contribution in [1.29, 1.82) is 0 Å². The van der Waals surface area contributed by atoms with Crippen molar-refractivity contribution in [3.63, 3.8) is 0 Å². The van der Waals surface area contributed by atoms with Crippen LogP contribution < -0.4 is 5.32 Å². The third-order valence-electron chi connectivity index (χ3n) is 3.71. The van der Waals surface area contributed by atoms with E-state index < -0.39 is 5.95 Å². The maximum Gasteiger partial charge on any atom is 0.251 e. The molecule has 0 aromatic carbocycles. The largest absolute Gasteiger partial charge is 0.351 e. The van der Waals surface area contributed by atoms with Crippen LogP contribution in [-0.4, -0.2) is 17.4 Å². The lowest BCUT2D eigenvalue weighted by Gasteiger charge is -2.19. The van der Waals surface area contributed by atoms with E-state index in [9.17, 15) is 9.18 Å². The summed E-state index contributed by atoms with van der Waals surface area (Å²) < 4.78 is 12.9. The lowest BCUT2D eigenvalue weighted by atomic mass is 9.92. The summed E-state index contributed by atoms with van der Waals surface area (Å²) in [5, 5.41) is 2.88. The smallest absolute Gasteiger partial charge is 0.251 e. The summed E-state index contributed by atoms with van der Waals surface area (Å²) in [5.74, 6) is -0.280. The summed E-state index contributed by atoms with van der Waals surface area (Å²) in [7, 11) is 0. The van der Waals surface area contributed by atoms with Crippen LogP contribution in [0.4, 0.5) is 4.39 Å². The number of pyridine rings is 1. The van der Waals surface area contributed by atoms with Crippen molar-refractivity contribution in [2.75, 3.05) is 6.54 Å². The third kappa shape index (κ3) is 2.62. The van der Waals surface area contributed by atoms with Gasteiger partial charge < -0.3 is 5.32 Å². The van der Waals surface area contributed by atoms with Crippen LogP contribution >= 0.6 is 0 Å². The van der Waals surface area contributed by atoms with E-state index in [0.29, 0.717) is 18.0 Å². The number of carbonyl (C=O) groups excluding carboxylic acids is 1. The van der Waals surface area contributed by atoms with Gasteiger partial charge in [-0.05, 0) is 30.2 Å². The topological polar surface area (TPSA) is 42.0 Å². The summed E-state index contributed by atoms with van der Waals surface area (Å²) in [4.78, 5) is 15.2. The molecular weight excluding hydrogens is 219 g/mol. The molecule has 1 aromatic heterocycles. The van der Waals surface area contributed by atoms with Gasteiger partial charge in [-0.25, -0.2) is 4.98 Å². The van der Waals surface area contributed by atoms with Crippen LogP contribution in [0, 0.1) is 17.3 Å². The fourth-order valence-electron chi connectivity index (χ4n) is 2.02. The van der Waals surface area contributed by atoms with Gasteiger partial charge in [0.1, 0.15) is 0 Å². The second kappa shape index (κ2) is 4.43. The highest BCUT2D eigenvalue weighted by Crippen LogP contribution is 2.51. The fourth-order valence-corrected chi connectivity index (χ4v) is 2.02. The molecule has 0 radical (unpaired) electrons. The van der Waals surface area contributed by atoms with Gasteiger partial charge in [-0.3, -0.25) is 4.79 Å². The minimum Gasteiger partial charge on any atom is -0.351 e. The molecule has 1 aliphatic rings. The van der Waals surface area contributed by atoms with Gasteiger partial charge in [0.2, 0.25) is 5.95 Å². The molecule has 1 saturated carbocycles. The van der Waals surface area contributed by atoms with E-state index in [4.69, 9.17) is 0 Å². The van der Waals surface area contributed by atoms with Crippen LogP contribution in [0.15, 0.2) is 18.3 Å². The number of aromatic nitrogens is 1. The summed E-state index contributed by atoms with van der Waals surface area (Å²) in [6.07, 6.45) is 3.63. The molecule has 1 aliphatic carbocycles. The minimum absolute atomic E-state index is 0.224. The average Bonchev–Trinajstić information content (AvgIpc) is 3.07.